The van der Waals surface area contributed by atoms with Crippen LogP contribution in [-0.4, -0.2) is 31.6 Å². The highest BCUT2D eigenvalue weighted by Crippen LogP contribution is 2.30. The van der Waals surface area contributed by atoms with Gasteiger partial charge in [0.2, 0.25) is 5.91 Å². The number of hydrogen-bond donors (Lipinski definition) is 0. The van der Waals surface area contributed by atoms with E-state index in [2.05, 4.69) is 0 Å². The van der Waals surface area contributed by atoms with E-state index in [1.807, 2.05) is 0 Å². The van der Waals surface area contributed by atoms with Gasteiger partial charge in [-0.05, 0) is 48.9 Å². The van der Waals surface area contributed by atoms with Crippen molar-refractivity contribution in [1.29, 1.82) is 0 Å². The zero-order valence-electron chi connectivity index (χ0n) is 13.9. The third-order valence-electron chi connectivity index (χ3n) is 3.94. The zero-order chi connectivity index (χ0) is 18.5. The highest BCUT2D eigenvalue weighted by Gasteiger charge is 2.24. The lowest BCUT2D eigenvalue weighted by Crippen LogP contribution is -2.24. The summed E-state index contributed by atoms with van der Waals surface area (Å²) in [6.07, 6.45) is 1.25. The van der Waals surface area contributed by atoms with Crippen molar-refractivity contribution in [3.8, 4) is 5.75 Å². The Bertz CT molecular complexity index is 810. The number of hydrogen-bond acceptors (Lipinski definition) is 4. The zero-order valence-corrected chi connectivity index (χ0v) is 14.7. The van der Waals surface area contributed by atoms with E-state index in [0.717, 1.165) is 6.42 Å². The molecule has 0 saturated carbocycles. The Morgan fingerprint density at radius 3 is 2.62 bits per heavy atom. The Kier molecular flexibility index (Phi) is 5.73. The van der Waals surface area contributed by atoms with Crippen LogP contribution in [0.25, 0.3) is 0 Å². The molecule has 0 N–H and O–H groups in total. The third-order valence-corrected chi connectivity index (χ3v) is 4.26. The molecule has 0 radical (unpaired) electrons. The summed E-state index contributed by atoms with van der Waals surface area (Å²) in [6, 6.07) is 10.3. The van der Waals surface area contributed by atoms with Crippen LogP contribution in [0.15, 0.2) is 42.5 Å². The summed E-state index contributed by atoms with van der Waals surface area (Å²) in [5, 5.41) is 0.413. The van der Waals surface area contributed by atoms with Crippen molar-refractivity contribution >= 4 is 29.2 Å². The number of halogens is 2. The minimum Gasteiger partial charge on any atom is -0.490 e. The first kappa shape index (κ1) is 18.2. The largest absolute Gasteiger partial charge is 0.490 e. The van der Waals surface area contributed by atoms with E-state index in [1.54, 1.807) is 23.1 Å². The summed E-state index contributed by atoms with van der Waals surface area (Å²) in [7, 11) is 0. The van der Waals surface area contributed by atoms with E-state index >= 15 is 0 Å². The molecular formula is C19H17ClFNO4. The highest BCUT2D eigenvalue weighted by atomic mass is 35.5. The van der Waals surface area contributed by atoms with Crippen molar-refractivity contribution in [1.82, 2.24) is 0 Å². The first-order valence-corrected chi connectivity index (χ1v) is 8.58. The van der Waals surface area contributed by atoms with E-state index in [9.17, 15) is 14.0 Å². The van der Waals surface area contributed by atoms with Crippen molar-refractivity contribution < 1.29 is 23.5 Å². The molecule has 26 heavy (non-hydrogen) atoms. The van der Waals surface area contributed by atoms with Gasteiger partial charge < -0.3 is 14.4 Å². The SMILES string of the molecule is O=C(OCCOc1ccc(F)cc1)c1ccc(Cl)c(N2CCCC2=O)c1. The van der Waals surface area contributed by atoms with E-state index in [1.165, 1.54) is 24.3 Å². The third kappa shape index (κ3) is 4.32. The minimum atomic E-state index is -0.530. The predicted octanol–water partition coefficient (Wildman–Crippen LogP) is 3.84. The maximum absolute atomic E-state index is 12.8. The Hall–Kier alpha value is -2.60. The van der Waals surface area contributed by atoms with E-state index in [4.69, 9.17) is 21.1 Å². The smallest absolute Gasteiger partial charge is 0.338 e. The van der Waals surface area contributed by atoms with Gasteiger partial charge in [-0.25, -0.2) is 9.18 Å². The molecule has 1 aliphatic heterocycles. The summed E-state index contributed by atoms with van der Waals surface area (Å²) in [4.78, 5) is 25.7. The van der Waals surface area contributed by atoms with Crippen molar-refractivity contribution in [2.24, 2.45) is 0 Å². The van der Waals surface area contributed by atoms with Crippen LogP contribution >= 0.6 is 11.6 Å². The van der Waals surface area contributed by atoms with Crippen LogP contribution in [-0.2, 0) is 9.53 Å². The van der Waals surface area contributed by atoms with Crippen LogP contribution in [0.5, 0.6) is 5.75 Å². The monoisotopic (exact) mass is 377 g/mol. The van der Waals surface area contributed by atoms with Gasteiger partial charge in [0, 0.05) is 13.0 Å². The fourth-order valence-electron chi connectivity index (χ4n) is 2.66. The lowest BCUT2D eigenvalue weighted by atomic mass is 10.2. The number of carbonyl (C=O) groups excluding carboxylic acids is 2. The van der Waals surface area contributed by atoms with Crippen LogP contribution < -0.4 is 9.64 Å². The summed E-state index contributed by atoms with van der Waals surface area (Å²) < 4.78 is 23.3. The summed E-state index contributed by atoms with van der Waals surface area (Å²) in [5.41, 5.74) is 0.831. The van der Waals surface area contributed by atoms with Gasteiger partial charge in [-0.3, -0.25) is 4.79 Å². The van der Waals surface area contributed by atoms with Crippen molar-refractivity contribution in [3.63, 3.8) is 0 Å². The fourth-order valence-corrected chi connectivity index (χ4v) is 2.88. The molecule has 1 saturated heterocycles. The lowest BCUT2D eigenvalue weighted by Gasteiger charge is -2.18. The van der Waals surface area contributed by atoms with Gasteiger partial charge in [0.1, 0.15) is 24.8 Å². The maximum atomic E-state index is 12.8. The van der Waals surface area contributed by atoms with Crippen LogP contribution in [0.4, 0.5) is 10.1 Å². The molecule has 1 fully saturated rings. The number of nitrogens with zero attached hydrogens (tertiary/aromatic N) is 1. The molecular weight excluding hydrogens is 361 g/mol. The number of ether oxygens (including phenoxy) is 2. The second-order valence-electron chi connectivity index (χ2n) is 5.75. The van der Waals surface area contributed by atoms with E-state index in [0.29, 0.717) is 35.0 Å². The molecule has 1 amide bonds. The van der Waals surface area contributed by atoms with Gasteiger partial charge in [-0.1, -0.05) is 11.6 Å². The molecule has 2 aromatic rings. The molecule has 5 nitrogen and oxygen atoms in total. The van der Waals surface area contributed by atoms with Crippen molar-refractivity contribution in [3.05, 3.63) is 58.9 Å². The number of esters is 1. The standard InChI is InChI=1S/C19H17ClFNO4/c20-16-8-3-13(12-17(16)22-9-1-2-18(22)23)19(24)26-11-10-25-15-6-4-14(21)5-7-15/h3-8,12H,1-2,9-11H2. The Morgan fingerprint density at radius 1 is 1.15 bits per heavy atom. The molecule has 136 valence electrons. The van der Waals surface area contributed by atoms with Gasteiger partial charge in [0.25, 0.3) is 0 Å². The average molecular weight is 378 g/mol. The first-order chi connectivity index (χ1) is 12.5. The Labute approximate surface area is 155 Å². The molecule has 0 aromatic heterocycles. The van der Waals surface area contributed by atoms with Crippen molar-refractivity contribution in [2.45, 2.75) is 12.8 Å². The average Bonchev–Trinajstić information content (AvgIpc) is 3.06. The van der Waals surface area contributed by atoms with Crippen LogP contribution in [0.3, 0.4) is 0 Å². The topological polar surface area (TPSA) is 55.8 Å². The molecule has 0 bridgehead atoms. The quantitative estimate of drug-likeness (QED) is 0.567. The molecule has 2 aromatic carbocycles. The normalized spacial score (nSPS) is 13.8. The number of rotatable bonds is 6. The Morgan fingerprint density at radius 2 is 1.92 bits per heavy atom. The number of benzene rings is 2. The molecule has 0 spiro atoms. The minimum absolute atomic E-state index is 0.00915. The number of amides is 1. The fraction of sp³-hybridized carbons (Fsp3) is 0.263. The van der Waals surface area contributed by atoms with Gasteiger partial charge in [-0.2, -0.15) is 0 Å². The second kappa shape index (κ2) is 8.19. The highest BCUT2D eigenvalue weighted by molar-refractivity contribution is 6.34. The van der Waals surface area contributed by atoms with Gasteiger partial charge in [-0.15, -0.1) is 0 Å². The van der Waals surface area contributed by atoms with Gasteiger partial charge in [0.05, 0.1) is 16.3 Å². The molecule has 1 aliphatic rings. The van der Waals surface area contributed by atoms with E-state index < -0.39 is 5.97 Å². The summed E-state index contributed by atoms with van der Waals surface area (Å²) in [6.45, 7) is 0.766. The lowest BCUT2D eigenvalue weighted by molar-refractivity contribution is -0.117. The number of carbonyl (C=O) groups is 2. The Balaban J connectivity index is 1.56. The van der Waals surface area contributed by atoms with Gasteiger partial charge >= 0.3 is 5.97 Å². The maximum Gasteiger partial charge on any atom is 0.338 e. The van der Waals surface area contributed by atoms with E-state index in [-0.39, 0.29) is 24.9 Å². The van der Waals surface area contributed by atoms with Crippen molar-refractivity contribution in [2.75, 3.05) is 24.7 Å². The number of anilines is 1. The molecule has 0 atom stereocenters. The van der Waals surface area contributed by atoms with Crippen LogP contribution in [0.1, 0.15) is 23.2 Å². The van der Waals surface area contributed by atoms with Gasteiger partial charge in [0.15, 0.2) is 0 Å². The molecule has 0 aliphatic carbocycles. The molecule has 3 rings (SSSR count). The molecule has 7 heteroatoms. The molecule has 1 heterocycles. The summed E-state index contributed by atoms with van der Waals surface area (Å²) >= 11 is 6.16. The second-order valence-corrected chi connectivity index (χ2v) is 6.16. The first-order valence-electron chi connectivity index (χ1n) is 8.20. The summed E-state index contributed by atoms with van der Waals surface area (Å²) in [5.74, 6) is -0.398. The van der Waals surface area contributed by atoms with Crippen LogP contribution in [0.2, 0.25) is 5.02 Å². The predicted molar refractivity (Wildman–Crippen MR) is 95.2 cm³/mol. The molecule has 0 unspecified atom stereocenters. The van der Waals surface area contributed by atoms with Crippen LogP contribution in [0, 0.1) is 5.82 Å².